The quantitative estimate of drug-likeness (QED) is 0.853. The highest BCUT2D eigenvalue weighted by Crippen LogP contribution is 2.22. The lowest BCUT2D eigenvalue weighted by Gasteiger charge is -2.34. The molecule has 0 saturated carbocycles. The number of piperidine rings is 1. The second-order valence-electron chi connectivity index (χ2n) is 5.54. The molecule has 2 heterocycles. The second kappa shape index (κ2) is 6.53. The average Bonchev–Trinajstić information content (AvgIpc) is 2.83. The Bertz CT molecular complexity index is 542. The topological polar surface area (TPSA) is 61.4 Å². The molecule has 1 aliphatic heterocycles. The van der Waals surface area contributed by atoms with Gasteiger partial charge in [0.15, 0.2) is 0 Å². The van der Waals surface area contributed by atoms with Gasteiger partial charge < -0.3 is 10.2 Å². The standard InChI is InChI=1S/C13H23N3O2S2/c1-10-8-16(3)5-4-13(10)15-20(17,18)12-6-11(7-14-2)19-9-12/h6,9-10,13-15H,4-5,7-8H2,1-3H3. The third-order valence-corrected chi connectivity index (χ3v) is 6.26. The monoisotopic (exact) mass is 317 g/mol. The molecule has 2 unspecified atom stereocenters. The predicted molar refractivity (Wildman–Crippen MR) is 82.5 cm³/mol. The van der Waals surface area contributed by atoms with E-state index >= 15 is 0 Å². The summed E-state index contributed by atoms with van der Waals surface area (Å²) in [7, 11) is 0.533. The largest absolute Gasteiger partial charge is 0.315 e. The van der Waals surface area contributed by atoms with E-state index in [0.717, 1.165) is 24.4 Å². The van der Waals surface area contributed by atoms with Crippen LogP contribution in [0.25, 0.3) is 0 Å². The Morgan fingerprint density at radius 1 is 1.50 bits per heavy atom. The van der Waals surface area contributed by atoms with Crippen LogP contribution in [-0.2, 0) is 16.6 Å². The smallest absolute Gasteiger partial charge is 0.241 e. The number of rotatable bonds is 5. The van der Waals surface area contributed by atoms with Crippen LogP contribution in [0.15, 0.2) is 16.3 Å². The molecule has 0 spiro atoms. The summed E-state index contributed by atoms with van der Waals surface area (Å²) >= 11 is 1.47. The number of nitrogens with zero attached hydrogens (tertiary/aromatic N) is 1. The number of hydrogen-bond donors (Lipinski definition) is 2. The van der Waals surface area contributed by atoms with Gasteiger partial charge >= 0.3 is 0 Å². The molecule has 2 atom stereocenters. The third-order valence-electron chi connectivity index (χ3n) is 3.71. The Hall–Kier alpha value is -0.470. The number of thiophene rings is 1. The van der Waals surface area contributed by atoms with Gasteiger partial charge in [0, 0.05) is 29.4 Å². The lowest BCUT2D eigenvalue weighted by Crippen LogP contribution is -2.48. The zero-order chi connectivity index (χ0) is 14.8. The van der Waals surface area contributed by atoms with Crippen LogP contribution in [0.4, 0.5) is 0 Å². The molecule has 0 amide bonds. The number of nitrogens with one attached hydrogen (secondary N) is 2. The number of hydrogen-bond acceptors (Lipinski definition) is 5. The van der Waals surface area contributed by atoms with Gasteiger partial charge in [0.05, 0.1) is 4.90 Å². The van der Waals surface area contributed by atoms with Crippen LogP contribution < -0.4 is 10.0 Å². The highest BCUT2D eigenvalue weighted by Gasteiger charge is 2.29. The van der Waals surface area contributed by atoms with E-state index in [2.05, 4.69) is 28.9 Å². The van der Waals surface area contributed by atoms with Crippen molar-refractivity contribution in [3.8, 4) is 0 Å². The Balaban J connectivity index is 2.06. The summed E-state index contributed by atoms with van der Waals surface area (Å²) in [6, 6.07) is 1.78. The molecule has 0 aromatic carbocycles. The first kappa shape index (κ1) is 15.9. The van der Waals surface area contributed by atoms with Crippen molar-refractivity contribution in [1.82, 2.24) is 14.9 Å². The van der Waals surface area contributed by atoms with Crippen molar-refractivity contribution in [2.45, 2.75) is 30.8 Å². The molecular weight excluding hydrogens is 294 g/mol. The minimum atomic E-state index is -3.39. The van der Waals surface area contributed by atoms with Gasteiger partial charge in [0.25, 0.3) is 0 Å². The van der Waals surface area contributed by atoms with Crippen LogP contribution in [0.2, 0.25) is 0 Å². The summed E-state index contributed by atoms with van der Waals surface area (Å²) in [4.78, 5) is 3.66. The van der Waals surface area contributed by atoms with Crippen molar-refractivity contribution in [2.75, 3.05) is 27.2 Å². The van der Waals surface area contributed by atoms with Crippen molar-refractivity contribution in [3.63, 3.8) is 0 Å². The first-order chi connectivity index (χ1) is 9.42. The Kier molecular flexibility index (Phi) is 5.19. The van der Waals surface area contributed by atoms with Gasteiger partial charge in [-0.25, -0.2) is 13.1 Å². The zero-order valence-electron chi connectivity index (χ0n) is 12.2. The van der Waals surface area contributed by atoms with E-state index in [1.807, 2.05) is 7.05 Å². The fourth-order valence-electron chi connectivity index (χ4n) is 2.56. The maximum atomic E-state index is 12.4. The van der Waals surface area contributed by atoms with Crippen molar-refractivity contribution >= 4 is 21.4 Å². The molecule has 0 bridgehead atoms. The molecule has 20 heavy (non-hydrogen) atoms. The maximum absolute atomic E-state index is 12.4. The molecule has 114 valence electrons. The zero-order valence-corrected chi connectivity index (χ0v) is 13.9. The molecule has 1 aliphatic rings. The first-order valence-electron chi connectivity index (χ1n) is 6.85. The van der Waals surface area contributed by atoms with E-state index in [1.54, 1.807) is 11.4 Å². The van der Waals surface area contributed by atoms with E-state index in [0.29, 0.717) is 17.4 Å². The SMILES string of the molecule is CNCc1cc(S(=O)(=O)NC2CCN(C)CC2C)cs1. The molecule has 1 aromatic heterocycles. The van der Waals surface area contributed by atoms with E-state index in [4.69, 9.17) is 0 Å². The van der Waals surface area contributed by atoms with Crippen molar-refractivity contribution in [2.24, 2.45) is 5.92 Å². The van der Waals surface area contributed by atoms with E-state index in [1.165, 1.54) is 11.3 Å². The van der Waals surface area contributed by atoms with Gasteiger partial charge in [-0.3, -0.25) is 0 Å². The van der Waals surface area contributed by atoms with Gasteiger partial charge in [-0.1, -0.05) is 6.92 Å². The fourth-order valence-corrected chi connectivity index (χ4v) is 5.23. The molecule has 2 rings (SSSR count). The minimum Gasteiger partial charge on any atom is -0.315 e. The number of likely N-dealkylation sites (tertiary alicyclic amines) is 1. The molecule has 1 saturated heterocycles. The average molecular weight is 317 g/mol. The van der Waals surface area contributed by atoms with Crippen LogP contribution in [0, 0.1) is 5.92 Å². The summed E-state index contributed by atoms with van der Waals surface area (Å²) in [6.45, 7) is 4.67. The fraction of sp³-hybridized carbons (Fsp3) is 0.692. The molecule has 1 aromatic rings. The van der Waals surface area contributed by atoms with Crippen molar-refractivity contribution in [3.05, 3.63) is 16.3 Å². The lowest BCUT2D eigenvalue weighted by molar-refractivity contribution is 0.188. The molecule has 5 nitrogen and oxygen atoms in total. The summed E-state index contributed by atoms with van der Waals surface area (Å²) in [5, 5.41) is 4.75. The molecule has 0 aliphatic carbocycles. The van der Waals surface area contributed by atoms with Crippen LogP contribution in [0.3, 0.4) is 0 Å². The van der Waals surface area contributed by atoms with Crippen LogP contribution in [0.5, 0.6) is 0 Å². The summed E-state index contributed by atoms with van der Waals surface area (Å²) in [5.74, 6) is 0.332. The van der Waals surface area contributed by atoms with Gasteiger partial charge in [-0.2, -0.15) is 0 Å². The second-order valence-corrected chi connectivity index (χ2v) is 8.24. The van der Waals surface area contributed by atoms with E-state index in [9.17, 15) is 8.42 Å². The van der Waals surface area contributed by atoms with E-state index < -0.39 is 10.0 Å². The van der Waals surface area contributed by atoms with Gasteiger partial charge in [0.1, 0.15) is 0 Å². The lowest BCUT2D eigenvalue weighted by atomic mass is 9.95. The van der Waals surface area contributed by atoms with Crippen molar-refractivity contribution in [1.29, 1.82) is 0 Å². The maximum Gasteiger partial charge on any atom is 0.241 e. The van der Waals surface area contributed by atoms with Crippen LogP contribution in [0.1, 0.15) is 18.2 Å². The van der Waals surface area contributed by atoms with E-state index in [-0.39, 0.29) is 6.04 Å². The summed E-state index contributed by atoms with van der Waals surface area (Å²) in [6.07, 6.45) is 0.865. The predicted octanol–water partition coefficient (Wildman–Crippen LogP) is 1.09. The van der Waals surface area contributed by atoms with Crippen LogP contribution in [-0.4, -0.2) is 46.5 Å². The number of sulfonamides is 1. The Morgan fingerprint density at radius 3 is 2.90 bits per heavy atom. The molecular formula is C13H23N3O2S2. The van der Waals surface area contributed by atoms with Gasteiger partial charge in [-0.15, -0.1) is 11.3 Å². The van der Waals surface area contributed by atoms with Gasteiger partial charge in [-0.05, 0) is 39.0 Å². The molecule has 2 N–H and O–H groups in total. The third kappa shape index (κ3) is 3.79. The normalized spacial score (nSPS) is 24.9. The van der Waals surface area contributed by atoms with Crippen LogP contribution >= 0.6 is 11.3 Å². The first-order valence-corrected chi connectivity index (χ1v) is 9.21. The summed E-state index contributed by atoms with van der Waals surface area (Å²) < 4.78 is 27.7. The Morgan fingerprint density at radius 2 is 2.25 bits per heavy atom. The van der Waals surface area contributed by atoms with Gasteiger partial charge in [0.2, 0.25) is 10.0 Å². The molecule has 7 heteroatoms. The minimum absolute atomic E-state index is 0.0313. The molecule has 0 radical (unpaired) electrons. The summed E-state index contributed by atoms with van der Waals surface area (Å²) in [5.41, 5.74) is 0. The highest BCUT2D eigenvalue weighted by atomic mass is 32.2. The highest BCUT2D eigenvalue weighted by molar-refractivity contribution is 7.89. The van der Waals surface area contributed by atoms with Crippen molar-refractivity contribution < 1.29 is 8.42 Å². The molecule has 1 fully saturated rings. The Labute approximate surface area is 125 Å².